The predicted molar refractivity (Wildman–Crippen MR) is 130 cm³/mol. The Hall–Kier alpha value is -3.52. The Morgan fingerprint density at radius 2 is 2.00 bits per heavy atom. The van der Waals surface area contributed by atoms with Gasteiger partial charge in [0.25, 0.3) is 5.91 Å². The number of piperidine rings is 1. The van der Waals surface area contributed by atoms with Gasteiger partial charge < -0.3 is 10.2 Å². The molecule has 0 saturated carbocycles. The van der Waals surface area contributed by atoms with Gasteiger partial charge in [-0.25, -0.2) is 9.37 Å². The molecule has 0 aliphatic carbocycles. The molecule has 7 nitrogen and oxygen atoms in total. The van der Waals surface area contributed by atoms with E-state index in [1.165, 1.54) is 0 Å². The molecule has 1 N–H and O–H groups in total. The van der Waals surface area contributed by atoms with E-state index >= 15 is 4.39 Å². The Kier molecular flexibility index (Phi) is 5.91. The lowest BCUT2D eigenvalue weighted by Gasteiger charge is -2.42. The lowest BCUT2D eigenvalue weighted by Crippen LogP contribution is -2.57. The summed E-state index contributed by atoms with van der Waals surface area (Å²) in [7, 11) is 1.77. The van der Waals surface area contributed by atoms with Gasteiger partial charge >= 0.3 is 0 Å². The van der Waals surface area contributed by atoms with Gasteiger partial charge in [-0.2, -0.15) is 0 Å². The first-order chi connectivity index (χ1) is 16.4. The van der Waals surface area contributed by atoms with Gasteiger partial charge in [-0.15, -0.1) is 5.10 Å². The van der Waals surface area contributed by atoms with E-state index in [1.807, 2.05) is 31.2 Å². The molecule has 0 radical (unpaired) electrons. The predicted octanol–water partition coefficient (Wildman–Crippen LogP) is 4.41. The molecule has 9 heteroatoms. The molecule has 2 aromatic carbocycles. The first-order valence-electron chi connectivity index (χ1n) is 11.1. The summed E-state index contributed by atoms with van der Waals surface area (Å²) in [6.07, 6.45) is 2.48. The van der Waals surface area contributed by atoms with E-state index in [0.717, 1.165) is 16.3 Å². The topological polar surface area (TPSA) is 75.9 Å². The average molecular weight is 479 g/mol. The van der Waals surface area contributed by atoms with E-state index < -0.39 is 12.3 Å². The fourth-order valence-electron chi connectivity index (χ4n) is 4.73. The number of alkyl halides is 1. The molecule has 4 aromatic rings. The maximum absolute atomic E-state index is 16.3. The van der Waals surface area contributed by atoms with Gasteiger partial charge in [0.15, 0.2) is 6.30 Å². The normalized spacial score (nSPS) is 20.5. The fraction of sp³-hybridized carbons (Fsp3) is 0.280. The minimum atomic E-state index is -1.53. The Bertz CT molecular complexity index is 1340. The molecule has 2 unspecified atom stereocenters. The highest BCUT2D eigenvalue weighted by molar-refractivity contribution is 6.31. The summed E-state index contributed by atoms with van der Waals surface area (Å²) in [5.41, 5.74) is 2.04. The first-order valence-corrected chi connectivity index (χ1v) is 11.5. The molecular formula is C25H24ClFN6O. The zero-order valence-corrected chi connectivity index (χ0v) is 19.6. The highest BCUT2D eigenvalue weighted by atomic mass is 35.5. The van der Waals surface area contributed by atoms with E-state index in [9.17, 15) is 4.79 Å². The number of benzene rings is 2. The van der Waals surface area contributed by atoms with Gasteiger partial charge in [0.2, 0.25) is 0 Å². The van der Waals surface area contributed by atoms with Crippen molar-refractivity contribution in [1.82, 2.24) is 25.3 Å². The van der Waals surface area contributed by atoms with Gasteiger partial charge in [-0.3, -0.25) is 9.48 Å². The van der Waals surface area contributed by atoms with Crippen molar-refractivity contribution in [2.24, 2.45) is 7.05 Å². The second-order valence-electron chi connectivity index (χ2n) is 8.60. The van der Waals surface area contributed by atoms with Gasteiger partial charge in [0, 0.05) is 47.9 Å². The van der Waals surface area contributed by atoms with Crippen molar-refractivity contribution in [3.8, 4) is 0 Å². The molecule has 1 aliphatic rings. The average Bonchev–Trinajstić information content (AvgIpc) is 3.26. The maximum atomic E-state index is 16.3. The molecule has 3 atom stereocenters. The fourth-order valence-corrected chi connectivity index (χ4v) is 5.01. The van der Waals surface area contributed by atoms with Crippen LogP contribution in [0.25, 0.3) is 10.8 Å². The minimum Gasteiger partial charge on any atom is -0.344 e. The number of carbonyl (C=O) groups excluding carboxylic acids is 1. The van der Waals surface area contributed by atoms with E-state index in [-0.39, 0.29) is 11.8 Å². The number of nitrogens with zero attached hydrogens (tertiary/aromatic N) is 5. The summed E-state index contributed by atoms with van der Waals surface area (Å²) in [5.74, 6) is -0.133. The molecule has 5 rings (SSSR count). The van der Waals surface area contributed by atoms with E-state index in [1.54, 1.807) is 53.3 Å². The number of aryl methyl sites for hydroxylation is 2. The number of nitrogens with one attached hydrogen (secondary N) is 1. The number of fused-ring (bicyclic) bond motifs is 1. The van der Waals surface area contributed by atoms with Crippen molar-refractivity contribution in [2.75, 3.05) is 11.4 Å². The van der Waals surface area contributed by atoms with Gasteiger partial charge in [0.1, 0.15) is 5.82 Å². The first kappa shape index (κ1) is 22.3. The van der Waals surface area contributed by atoms with Crippen molar-refractivity contribution in [3.05, 3.63) is 82.8 Å². The van der Waals surface area contributed by atoms with Crippen LogP contribution in [0.3, 0.4) is 0 Å². The van der Waals surface area contributed by atoms with Crippen molar-refractivity contribution in [3.63, 3.8) is 0 Å². The van der Waals surface area contributed by atoms with Crippen LogP contribution >= 0.6 is 11.6 Å². The van der Waals surface area contributed by atoms with Crippen LogP contribution in [0.15, 0.2) is 60.9 Å². The van der Waals surface area contributed by atoms with E-state index in [2.05, 4.69) is 20.6 Å². The number of carbonyl (C=O) groups is 1. The lowest BCUT2D eigenvalue weighted by atomic mass is 9.87. The van der Waals surface area contributed by atoms with Crippen molar-refractivity contribution >= 4 is 34.1 Å². The van der Waals surface area contributed by atoms with Crippen LogP contribution in [-0.2, 0) is 7.05 Å². The molecule has 1 fully saturated rings. The summed E-state index contributed by atoms with van der Waals surface area (Å²) in [6, 6.07) is 13.5. The second kappa shape index (κ2) is 9.02. The molecule has 1 amide bonds. The highest BCUT2D eigenvalue weighted by Crippen LogP contribution is 2.38. The third kappa shape index (κ3) is 4.09. The molecule has 3 heterocycles. The summed E-state index contributed by atoms with van der Waals surface area (Å²) in [5, 5.41) is 13.5. The van der Waals surface area contributed by atoms with Gasteiger partial charge in [-0.05, 0) is 54.6 Å². The minimum absolute atomic E-state index is 0.335. The number of aromatic nitrogens is 4. The van der Waals surface area contributed by atoms with Crippen molar-refractivity contribution in [2.45, 2.75) is 31.6 Å². The quantitative estimate of drug-likeness (QED) is 0.440. The molecule has 1 aliphatic heterocycles. The van der Waals surface area contributed by atoms with Crippen LogP contribution < -0.4 is 10.2 Å². The molecule has 174 valence electrons. The van der Waals surface area contributed by atoms with Crippen LogP contribution in [0.1, 0.15) is 34.0 Å². The highest BCUT2D eigenvalue weighted by Gasteiger charge is 2.42. The Balaban J connectivity index is 1.54. The Morgan fingerprint density at radius 1 is 1.21 bits per heavy atom. The van der Waals surface area contributed by atoms with Gasteiger partial charge in [0.05, 0.1) is 11.7 Å². The molecule has 2 aromatic heterocycles. The maximum Gasteiger partial charge on any atom is 0.251 e. The number of hydrogen-bond donors (Lipinski definition) is 1. The second-order valence-corrected chi connectivity index (χ2v) is 9.04. The van der Waals surface area contributed by atoms with Crippen LogP contribution in [0.5, 0.6) is 0 Å². The van der Waals surface area contributed by atoms with Crippen LogP contribution in [0.2, 0.25) is 5.02 Å². The molecule has 0 spiro atoms. The van der Waals surface area contributed by atoms with E-state index in [0.29, 0.717) is 35.1 Å². The monoisotopic (exact) mass is 478 g/mol. The summed E-state index contributed by atoms with van der Waals surface area (Å²) < 4.78 is 17.9. The number of halogens is 2. The van der Waals surface area contributed by atoms with Crippen molar-refractivity contribution < 1.29 is 9.18 Å². The number of pyridine rings is 1. The molecule has 0 bridgehead atoms. The smallest absolute Gasteiger partial charge is 0.251 e. The largest absolute Gasteiger partial charge is 0.344 e. The summed E-state index contributed by atoms with van der Waals surface area (Å²) in [4.78, 5) is 19.2. The standard InChI is InChI=1S/C25H24ClFN6O/c1-15-12-18(26)13-17-8-10-28-24(21(15)17)33-11-9-19(20-14-32(2)31-30-20)22(23(33)27)29-25(34)16-6-4-3-5-7-16/h3-8,10,12-14,19,22-23H,9,11H2,1-2H3,(H,29,34)/t19?,22-,23?/m1/s1. The number of amides is 1. The lowest BCUT2D eigenvalue weighted by molar-refractivity contribution is 0.0872. The molecule has 1 saturated heterocycles. The SMILES string of the molecule is Cc1cc(Cl)cc2ccnc(N3CCC(c4cn(C)nn4)[C@@H](NC(=O)c4ccccc4)C3F)c12. The van der Waals surface area contributed by atoms with Gasteiger partial charge in [-0.1, -0.05) is 35.0 Å². The zero-order valence-electron chi connectivity index (χ0n) is 18.8. The Morgan fingerprint density at radius 3 is 2.74 bits per heavy atom. The summed E-state index contributed by atoms with van der Waals surface area (Å²) >= 11 is 6.25. The zero-order chi connectivity index (χ0) is 23.8. The Labute approximate surface area is 201 Å². The van der Waals surface area contributed by atoms with E-state index in [4.69, 9.17) is 11.6 Å². The summed E-state index contributed by atoms with van der Waals surface area (Å²) in [6.45, 7) is 2.35. The van der Waals surface area contributed by atoms with Crippen LogP contribution in [-0.4, -0.2) is 44.8 Å². The number of rotatable bonds is 4. The van der Waals surface area contributed by atoms with Crippen molar-refractivity contribution in [1.29, 1.82) is 0 Å². The third-order valence-electron chi connectivity index (χ3n) is 6.32. The number of anilines is 1. The van der Waals surface area contributed by atoms with Crippen LogP contribution in [0, 0.1) is 6.92 Å². The third-order valence-corrected chi connectivity index (χ3v) is 6.54. The molecule has 34 heavy (non-hydrogen) atoms. The number of hydrogen-bond acceptors (Lipinski definition) is 5. The molecular weight excluding hydrogens is 455 g/mol. The van der Waals surface area contributed by atoms with Crippen LogP contribution in [0.4, 0.5) is 10.2 Å².